The van der Waals surface area contributed by atoms with Crippen molar-refractivity contribution in [3.8, 4) is 5.75 Å². The van der Waals surface area contributed by atoms with Crippen molar-refractivity contribution in [3.63, 3.8) is 0 Å². The van der Waals surface area contributed by atoms with Crippen LogP contribution in [0.15, 0.2) is 27.5 Å². The van der Waals surface area contributed by atoms with Crippen LogP contribution in [0.5, 0.6) is 5.75 Å². The van der Waals surface area contributed by atoms with E-state index < -0.39 is 0 Å². The Morgan fingerprint density at radius 3 is 2.95 bits per heavy atom. The molecular weight excluding hydrogens is 310 g/mol. The van der Waals surface area contributed by atoms with Gasteiger partial charge in [-0.25, -0.2) is 0 Å². The third-order valence-corrected chi connectivity index (χ3v) is 3.09. The first-order valence-electron chi connectivity index (χ1n) is 6.08. The number of nitrogens with one attached hydrogen (secondary N) is 1. The largest absolute Gasteiger partial charge is 0.485 e. The second-order valence-electron chi connectivity index (χ2n) is 4.13. The van der Waals surface area contributed by atoms with Gasteiger partial charge in [-0.2, -0.15) is 4.98 Å². The van der Waals surface area contributed by atoms with Crippen LogP contribution in [0.3, 0.4) is 0 Å². The van der Waals surface area contributed by atoms with Gasteiger partial charge in [0, 0.05) is 16.6 Å². The summed E-state index contributed by atoms with van der Waals surface area (Å²) in [6.45, 7) is 6.07. The van der Waals surface area contributed by atoms with Crippen molar-refractivity contribution < 1.29 is 9.26 Å². The third kappa shape index (κ3) is 3.78. The highest BCUT2D eigenvalue weighted by atomic mass is 79.9. The Kier molecular flexibility index (Phi) is 4.93. The zero-order valence-corrected chi connectivity index (χ0v) is 12.5. The van der Waals surface area contributed by atoms with Gasteiger partial charge in [0.05, 0.1) is 0 Å². The molecule has 0 saturated heterocycles. The van der Waals surface area contributed by atoms with E-state index in [1.807, 2.05) is 13.0 Å². The summed E-state index contributed by atoms with van der Waals surface area (Å²) in [4.78, 5) is 3.94. The summed E-state index contributed by atoms with van der Waals surface area (Å²) < 4.78 is 11.6. The van der Waals surface area contributed by atoms with Crippen LogP contribution >= 0.6 is 15.9 Å². The van der Waals surface area contributed by atoms with Crippen LogP contribution in [0, 0.1) is 6.92 Å². The van der Waals surface area contributed by atoms with Gasteiger partial charge < -0.3 is 14.6 Å². The highest BCUT2D eigenvalue weighted by Crippen LogP contribution is 2.28. The summed E-state index contributed by atoms with van der Waals surface area (Å²) in [7, 11) is 0. The predicted molar refractivity (Wildman–Crippen MR) is 74.9 cm³/mol. The molecule has 0 atom stereocenters. The lowest BCUT2D eigenvalue weighted by atomic mass is 10.1. The molecule has 0 aliphatic heterocycles. The molecule has 0 aliphatic rings. The molecule has 0 radical (unpaired) electrons. The minimum atomic E-state index is 0.304. The van der Waals surface area contributed by atoms with Gasteiger partial charge >= 0.3 is 0 Å². The summed E-state index contributed by atoms with van der Waals surface area (Å²) >= 11 is 3.51. The van der Waals surface area contributed by atoms with Crippen LogP contribution < -0.4 is 10.1 Å². The van der Waals surface area contributed by atoms with Crippen molar-refractivity contribution in [1.82, 2.24) is 15.5 Å². The quantitative estimate of drug-likeness (QED) is 0.884. The van der Waals surface area contributed by atoms with E-state index in [4.69, 9.17) is 4.74 Å². The van der Waals surface area contributed by atoms with E-state index in [0.717, 1.165) is 34.4 Å². The Morgan fingerprint density at radius 1 is 1.42 bits per heavy atom. The van der Waals surface area contributed by atoms with Gasteiger partial charge in [-0.3, -0.25) is 0 Å². The Morgan fingerprint density at radius 2 is 2.26 bits per heavy atom. The van der Waals surface area contributed by atoms with E-state index >= 15 is 0 Å². The molecule has 6 heteroatoms. The van der Waals surface area contributed by atoms with E-state index in [0.29, 0.717) is 12.4 Å². The van der Waals surface area contributed by atoms with Crippen molar-refractivity contribution in [1.29, 1.82) is 0 Å². The van der Waals surface area contributed by atoms with Crippen LogP contribution in [-0.4, -0.2) is 16.7 Å². The van der Waals surface area contributed by atoms with Gasteiger partial charge in [-0.15, -0.1) is 0 Å². The summed E-state index contributed by atoms with van der Waals surface area (Å²) in [5.41, 5.74) is 2.18. The molecule has 0 fully saturated rings. The number of ether oxygens (including phenoxy) is 1. The Balaban J connectivity index is 2.16. The molecule has 1 N–H and O–H groups in total. The second-order valence-corrected chi connectivity index (χ2v) is 5.04. The molecular formula is C13H16BrN3O2. The van der Waals surface area contributed by atoms with Crippen LogP contribution in [-0.2, 0) is 13.2 Å². The van der Waals surface area contributed by atoms with Gasteiger partial charge in [-0.05, 0) is 31.2 Å². The minimum Gasteiger partial charge on any atom is -0.485 e. The first-order chi connectivity index (χ1) is 9.20. The van der Waals surface area contributed by atoms with Crippen LogP contribution in [0.2, 0.25) is 0 Å². The van der Waals surface area contributed by atoms with Crippen LogP contribution in [0.25, 0.3) is 0 Å². The maximum absolute atomic E-state index is 5.82. The number of hydrogen-bond donors (Lipinski definition) is 1. The van der Waals surface area contributed by atoms with Gasteiger partial charge in [0.1, 0.15) is 5.75 Å². The van der Waals surface area contributed by atoms with Crippen molar-refractivity contribution in [2.45, 2.75) is 27.0 Å². The van der Waals surface area contributed by atoms with Gasteiger partial charge in [0.15, 0.2) is 6.61 Å². The molecule has 0 spiro atoms. The molecule has 102 valence electrons. The maximum atomic E-state index is 5.82. The first kappa shape index (κ1) is 14.0. The lowest BCUT2D eigenvalue weighted by Crippen LogP contribution is -2.13. The summed E-state index contributed by atoms with van der Waals surface area (Å²) in [5, 5.41) is 7.04. The molecule has 1 heterocycles. The molecule has 5 nitrogen and oxygen atoms in total. The highest BCUT2D eigenvalue weighted by molar-refractivity contribution is 9.10. The number of rotatable bonds is 6. The molecule has 1 aromatic carbocycles. The van der Waals surface area contributed by atoms with E-state index in [1.54, 1.807) is 0 Å². The number of hydrogen-bond acceptors (Lipinski definition) is 5. The number of aryl methyl sites for hydroxylation is 1. The van der Waals surface area contributed by atoms with E-state index in [2.05, 4.69) is 48.9 Å². The number of aromatic nitrogens is 2. The number of nitrogens with zero attached hydrogens (tertiary/aromatic N) is 2. The van der Waals surface area contributed by atoms with E-state index in [9.17, 15) is 0 Å². The average molecular weight is 326 g/mol. The van der Waals surface area contributed by atoms with Crippen molar-refractivity contribution in [3.05, 3.63) is 40.0 Å². The molecule has 1 aromatic heterocycles. The Bertz CT molecular complexity index is 529. The molecule has 2 aromatic rings. The Labute approximate surface area is 120 Å². The predicted octanol–water partition coefficient (Wildman–Crippen LogP) is 2.83. The molecule has 0 unspecified atom stereocenters. The standard InChI is InChI=1S/C13H16BrN3O2/c1-3-15-6-10-5-11(14)4-9(2)13(10)18-7-12-16-8-19-17-12/h4-5,8,15H,3,6-7H2,1-2H3. The lowest BCUT2D eigenvalue weighted by Gasteiger charge is -2.14. The topological polar surface area (TPSA) is 60.2 Å². The fourth-order valence-electron chi connectivity index (χ4n) is 1.79. The fraction of sp³-hybridized carbons (Fsp3) is 0.385. The number of halogens is 1. The minimum absolute atomic E-state index is 0.304. The summed E-state index contributed by atoms with van der Waals surface area (Å²) in [5.74, 6) is 1.41. The molecule has 2 rings (SSSR count). The van der Waals surface area contributed by atoms with Crippen molar-refractivity contribution in [2.75, 3.05) is 6.54 Å². The maximum Gasteiger partial charge on any atom is 0.213 e. The SMILES string of the molecule is CCNCc1cc(Br)cc(C)c1OCc1ncon1. The normalized spacial score (nSPS) is 10.7. The second kappa shape index (κ2) is 6.68. The van der Waals surface area contributed by atoms with Gasteiger partial charge in [-0.1, -0.05) is 28.0 Å². The van der Waals surface area contributed by atoms with Crippen LogP contribution in [0.1, 0.15) is 23.9 Å². The Hall–Kier alpha value is -1.40. The fourth-order valence-corrected chi connectivity index (χ4v) is 2.41. The van der Waals surface area contributed by atoms with Crippen molar-refractivity contribution >= 4 is 15.9 Å². The summed E-state index contributed by atoms with van der Waals surface area (Å²) in [6.07, 6.45) is 1.30. The number of benzene rings is 1. The molecule has 0 saturated carbocycles. The van der Waals surface area contributed by atoms with E-state index in [1.165, 1.54) is 6.39 Å². The van der Waals surface area contributed by atoms with Gasteiger partial charge in [0.25, 0.3) is 0 Å². The first-order valence-corrected chi connectivity index (χ1v) is 6.87. The van der Waals surface area contributed by atoms with Crippen LogP contribution in [0.4, 0.5) is 0 Å². The van der Waals surface area contributed by atoms with E-state index in [-0.39, 0.29) is 0 Å². The lowest BCUT2D eigenvalue weighted by molar-refractivity contribution is 0.281. The zero-order valence-electron chi connectivity index (χ0n) is 10.9. The average Bonchev–Trinajstić information content (AvgIpc) is 2.88. The third-order valence-electron chi connectivity index (χ3n) is 2.63. The highest BCUT2D eigenvalue weighted by Gasteiger charge is 2.10. The molecule has 0 bridgehead atoms. The smallest absolute Gasteiger partial charge is 0.213 e. The monoisotopic (exact) mass is 325 g/mol. The van der Waals surface area contributed by atoms with Gasteiger partial charge in [0.2, 0.25) is 12.2 Å². The van der Waals surface area contributed by atoms with Crippen molar-refractivity contribution in [2.24, 2.45) is 0 Å². The molecule has 0 amide bonds. The summed E-state index contributed by atoms with van der Waals surface area (Å²) in [6, 6.07) is 4.09. The zero-order chi connectivity index (χ0) is 13.7. The molecule has 19 heavy (non-hydrogen) atoms. The molecule has 0 aliphatic carbocycles.